The molecule has 19 heavy (non-hydrogen) atoms. The number of unbranched alkanes of at least 4 members (excludes halogenated alkanes) is 1. The molecule has 0 spiro atoms. The van der Waals surface area contributed by atoms with E-state index in [0.29, 0.717) is 11.1 Å². The maximum Gasteiger partial charge on any atom is 0.130 e. The average Bonchev–Trinajstić information content (AvgIpc) is 2.43. The molecule has 102 valence electrons. The molecule has 0 heterocycles. The van der Waals surface area contributed by atoms with Gasteiger partial charge in [-0.25, -0.2) is 0 Å². The van der Waals surface area contributed by atoms with Crippen LogP contribution in [-0.4, -0.2) is 19.3 Å². The Morgan fingerprint density at radius 3 is 2.37 bits per heavy atom. The van der Waals surface area contributed by atoms with Crippen LogP contribution >= 0.6 is 0 Å². The van der Waals surface area contributed by atoms with E-state index in [4.69, 9.17) is 9.47 Å². The number of ether oxygens (including phenoxy) is 2. The lowest BCUT2D eigenvalue weighted by Crippen LogP contribution is -1.92. The average molecular weight is 260 g/mol. The molecule has 0 radical (unpaired) electrons. The highest BCUT2D eigenvalue weighted by molar-refractivity contribution is 5.98. The van der Waals surface area contributed by atoms with Gasteiger partial charge in [-0.15, -0.1) is 0 Å². The summed E-state index contributed by atoms with van der Waals surface area (Å²) in [6, 6.07) is 7.57. The van der Waals surface area contributed by atoms with E-state index in [1.54, 1.807) is 14.2 Å². The molecular weight excluding hydrogens is 240 g/mol. The number of hydrogen-bond acceptors (Lipinski definition) is 3. The van der Waals surface area contributed by atoms with E-state index in [1.165, 1.54) is 0 Å². The van der Waals surface area contributed by atoms with Gasteiger partial charge in [0.15, 0.2) is 0 Å². The first kappa shape index (κ1) is 13.5. The summed E-state index contributed by atoms with van der Waals surface area (Å²) >= 11 is 0. The molecule has 0 atom stereocenters. The number of rotatable bonds is 5. The van der Waals surface area contributed by atoms with Crippen LogP contribution < -0.4 is 9.47 Å². The summed E-state index contributed by atoms with van der Waals surface area (Å²) in [5.41, 5.74) is 1.12. The number of methoxy groups -OCH3 is 2. The zero-order valence-corrected chi connectivity index (χ0v) is 11.7. The fourth-order valence-corrected chi connectivity index (χ4v) is 2.34. The van der Waals surface area contributed by atoms with Crippen molar-refractivity contribution in [2.24, 2.45) is 0 Å². The van der Waals surface area contributed by atoms with E-state index < -0.39 is 0 Å². The summed E-state index contributed by atoms with van der Waals surface area (Å²) in [4.78, 5) is 0. The Morgan fingerprint density at radius 1 is 1.05 bits per heavy atom. The number of aromatic hydroxyl groups is 1. The molecule has 0 fully saturated rings. The van der Waals surface area contributed by atoms with Gasteiger partial charge in [-0.1, -0.05) is 13.3 Å². The Hall–Kier alpha value is -1.90. The predicted molar refractivity (Wildman–Crippen MR) is 77.3 cm³/mol. The topological polar surface area (TPSA) is 38.7 Å². The summed E-state index contributed by atoms with van der Waals surface area (Å²) in [5, 5.41) is 11.9. The van der Waals surface area contributed by atoms with E-state index in [-0.39, 0.29) is 5.75 Å². The van der Waals surface area contributed by atoms with Crippen LogP contribution in [0.1, 0.15) is 25.3 Å². The minimum atomic E-state index is 0.249. The van der Waals surface area contributed by atoms with Crippen LogP contribution in [0.15, 0.2) is 24.3 Å². The second-order valence-electron chi connectivity index (χ2n) is 4.61. The Kier molecular flexibility index (Phi) is 4.15. The largest absolute Gasteiger partial charge is 0.507 e. The minimum Gasteiger partial charge on any atom is -0.507 e. The Labute approximate surface area is 113 Å². The van der Waals surface area contributed by atoms with Crippen molar-refractivity contribution in [3.05, 3.63) is 29.8 Å². The van der Waals surface area contributed by atoms with Crippen molar-refractivity contribution >= 4 is 10.8 Å². The van der Waals surface area contributed by atoms with E-state index >= 15 is 0 Å². The van der Waals surface area contributed by atoms with Crippen molar-refractivity contribution in [1.82, 2.24) is 0 Å². The van der Waals surface area contributed by atoms with E-state index in [0.717, 1.165) is 36.0 Å². The quantitative estimate of drug-likeness (QED) is 0.886. The Bertz CT molecular complexity index is 576. The van der Waals surface area contributed by atoms with Crippen LogP contribution in [0.3, 0.4) is 0 Å². The molecule has 2 aromatic rings. The van der Waals surface area contributed by atoms with E-state index in [9.17, 15) is 5.11 Å². The van der Waals surface area contributed by atoms with Crippen molar-refractivity contribution < 1.29 is 14.6 Å². The van der Waals surface area contributed by atoms with Gasteiger partial charge in [-0.05, 0) is 42.7 Å². The maximum absolute atomic E-state index is 10.2. The van der Waals surface area contributed by atoms with Gasteiger partial charge < -0.3 is 14.6 Å². The fourth-order valence-electron chi connectivity index (χ4n) is 2.34. The monoisotopic (exact) mass is 260 g/mol. The number of fused-ring (bicyclic) bond motifs is 1. The third kappa shape index (κ3) is 2.60. The SMILES string of the molecule is CCCCc1cc(O)c2c(OC)ccc(OC)c2c1. The highest BCUT2D eigenvalue weighted by Gasteiger charge is 2.12. The first-order valence-corrected chi connectivity index (χ1v) is 6.57. The van der Waals surface area contributed by atoms with Crippen LogP contribution in [0.25, 0.3) is 10.8 Å². The molecule has 0 unspecified atom stereocenters. The van der Waals surface area contributed by atoms with Crippen molar-refractivity contribution in [3.63, 3.8) is 0 Å². The lowest BCUT2D eigenvalue weighted by atomic mass is 10.0. The third-order valence-corrected chi connectivity index (χ3v) is 3.33. The van der Waals surface area contributed by atoms with Gasteiger partial charge in [-0.3, -0.25) is 0 Å². The standard InChI is InChI=1S/C16H20O3/c1-4-5-6-11-9-12-14(18-2)7-8-15(19-3)16(12)13(17)10-11/h7-10,17H,4-6H2,1-3H3. The molecule has 3 nitrogen and oxygen atoms in total. The molecule has 0 saturated carbocycles. The molecule has 3 heteroatoms. The molecule has 0 amide bonds. The molecule has 0 aliphatic rings. The normalized spacial score (nSPS) is 10.7. The lowest BCUT2D eigenvalue weighted by Gasteiger charge is -2.13. The summed E-state index contributed by atoms with van der Waals surface area (Å²) in [6.45, 7) is 2.16. The van der Waals surface area contributed by atoms with Crippen LogP contribution in [-0.2, 0) is 6.42 Å². The first-order chi connectivity index (χ1) is 9.21. The smallest absolute Gasteiger partial charge is 0.130 e. The van der Waals surface area contributed by atoms with Gasteiger partial charge in [0.2, 0.25) is 0 Å². The minimum absolute atomic E-state index is 0.249. The zero-order valence-electron chi connectivity index (χ0n) is 11.7. The molecule has 0 aliphatic carbocycles. The van der Waals surface area contributed by atoms with Crippen molar-refractivity contribution in [2.75, 3.05) is 14.2 Å². The molecule has 1 N–H and O–H groups in total. The molecular formula is C16H20O3. The van der Waals surface area contributed by atoms with Gasteiger partial charge in [0.1, 0.15) is 17.2 Å². The van der Waals surface area contributed by atoms with Crippen LogP contribution in [0, 0.1) is 0 Å². The van der Waals surface area contributed by atoms with Gasteiger partial charge >= 0.3 is 0 Å². The molecule has 0 aliphatic heterocycles. The molecule has 2 rings (SSSR count). The van der Waals surface area contributed by atoms with E-state index in [1.807, 2.05) is 18.2 Å². The number of benzene rings is 2. The molecule has 0 aromatic heterocycles. The van der Waals surface area contributed by atoms with Crippen molar-refractivity contribution in [1.29, 1.82) is 0 Å². The van der Waals surface area contributed by atoms with Gasteiger partial charge in [0, 0.05) is 5.39 Å². The van der Waals surface area contributed by atoms with Crippen LogP contribution in [0.5, 0.6) is 17.2 Å². The van der Waals surface area contributed by atoms with Crippen molar-refractivity contribution in [2.45, 2.75) is 26.2 Å². The maximum atomic E-state index is 10.2. The Balaban J connectivity index is 2.63. The van der Waals surface area contributed by atoms with Crippen LogP contribution in [0.2, 0.25) is 0 Å². The molecule has 0 saturated heterocycles. The Morgan fingerprint density at radius 2 is 1.74 bits per heavy atom. The summed E-state index contributed by atoms with van der Waals surface area (Å²) in [5.74, 6) is 1.67. The second-order valence-corrected chi connectivity index (χ2v) is 4.61. The zero-order chi connectivity index (χ0) is 13.8. The highest BCUT2D eigenvalue weighted by atomic mass is 16.5. The van der Waals surface area contributed by atoms with E-state index in [2.05, 4.69) is 13.0 Å². The van der Waals surface area contributed by atoms with Gasteiger partial charge in [0.25, 0.3) is 0 Å². The summed E-state index contributed by atoms with van der Waals surface area (Å²) in [7, 11) is 3.24. The van der Waals surface area contributed by atoms with Gasteiger partial charge in [0.05, 0.1) is 19.6 Å². The summed E-state index contributed by atoms with van der Waals surface area (Å²) < 4.78 is 10.7. The predicted octanol–water partition coefficient (Wildman–Crippen LogP) is 3.91. The second kappa shape index (κ2) is 5.83. The lowest BCUT2D eigenvalue weighted by molar-refractivity contribution is 0.407. The van der Waals surface area contributed by atoms with Crippen molar-refractivity contribution in [3.8, 4) is 17.2 Å². The molecule has 2 aromatic carbocycles. The first-order valence-electron chi connectivity index (χ1n) is 6.57. The summed E-state index contributed by atoms with van der Waals surface area (Å²) in [6.07, 6.45) is 3.20. The highest BCUT2D eigenvalue weighted by Crippen LogP contribution is 2.39. The number of phenols is 1. The number of hydrogen-bond donors (Lipinski definition) is 1. The van der Waals surface area contributed by atoms with Crippen LogP contribution in [0.4, 0.5) is 0 Å². The van der Waals surface area contributed by atoms with Gasteiger partial charge in [-0.2, -0.15) is 0 Å². The fraction of sp³-hybridized carbons (Fsp3) is 0.375. The molecule has 0 bridgehead atoms. The number of phenolic OH excluding ortho intramolecular Hbond substituents is 1. The third-order valence-electron chi connectivity index (χ3n) is 3.33. The number of aryl methyl sites for hydroxylation is 1.